The van der Waals surface area contributed by atoms with Crippen molar-refractivity contribution in [2.75, 3.05) is 19.6 Å². The van der Waals surface area contributed by atoms with Crippen LogP contribution < -0.4 is 5.73 Å². The van der Waals surface area contributed by atoms with E-state index >= 15 is 0 Å². The van der Waals surface area contributed by atoms with E-state index in [1.54, 1.807) is 25.1 Å². The van der Waals surface area contributed by atoms with Crippen LogP contribution in [-0.2, 0) is 10.0 Å². The number of hydrogen-bond acceptors (Lipinski definition) is 3. The van der Waals surface area contributed by atoms with Gasteiger partial charge < -0.3 is 5.73 Å². The molecule has 1 rings (SSSR count). The number of likely N-dealkylation sites (N-methyl/N-ethyl adjacent to an activating group) is 1. The normalized spacial score (nSPS) is 12.1. The number of aryl methyl sites for hydroxylation is 1. The van der Waals surface area contributed by atoms with Gasteiger partial charge in [-0.2, -0.15) is 4.31 Å². The topological polar surface area (TPSA) is 63.4 Å². The summed E-state index contributed by atoms with van der Waals surface area (Å²) in [6.07, 6.45) is 0. The van der Waals surface area contributed by atoms with Gasteiger partial charge in [0.25, 0.3) is 0 Å². The summed E-state index contributed by atoms with van der Waals surface area (Å²) in [5, 5.41) is 0. The van der Waals surface area contributed by atoms with Crippen LogP contribution in [0.15, 0.2) is 27.6 Å². The number of benzene rings is 1. The van der Waals surface area contributed by atoms with E-state index in [0.29, 0.717) is 29.0 Å². The summed E-state index contributed by atoms with van der Waals surface area (Å²) < 4.78 is 26.6. The highest BCUT2D eigenvalue weighted by molar-refractivity contribution is 9.10. The van der Waals surface area contributed by atoms with Gasteiger partial charge in [-0.1, -0.05) is 13.0 Å². The van der Waals surface area contributed by atoms with Gasteiger partial charge in [0.05, 0.1) is 4.90 Å². The minimum absolute atomic E-state index is 0.290. The number of nitrogens with two attached hydrogens (primary N) is 1. The molecule has 0 amide bonds. The van der Waals surface area contributed by atoms with E-state index in [-0.39, 0.29) is 0 Å². The minimum Gasteiger partial charge on any atom is -0.329 e. The van der Waals surface area contributed by atoms with Gasteiger partial charge in [0.1, 0.15) is 0 Å². The van der Waals surface area contributed by atoms with Gasteiger partial charge in [0.15, 0.2) is 0 Å². The third-order valence-electron chi connectivity index (χ3n) is 2.44. The lowest BCUT2D eigenvalue weighted by atomic mass is 10.2. The molecular formula is C11H17BrN2O2S. The second-order valence-electron chi connectivity index (χ2n) is 3.72. The SMILES string of the molecule is CCN(CCN)S(=O)(=O)c1ccc(C)cc1Br. The third-order valence-corrected chi connectivity index (χ3v) is 5.39. The molecule has 4 nitrogen and oxygen atoms in total. The van der Waals surface area contributed by atoms with Crippen LogP contribution in [0.5, 0.6) is 0 Å². The van der Waals surface area contributed by atoms with Crippen molar-refractivity contribution in [3.05, 3.63) is 28.2 Å². The molecule has 0 aliphatic heterocycles. The van der Waals surface area contributed by atoms with Crippen molar-refractivity contribution in [3.63, 3.8) is 0 Å². The molecule has 0 aliphatic rings. The number of hydrogen-bond donors (Lipinski definition) is 1. The van der Waals surface area contributed by atoms with E-state index in [2.05, 4.69) is 15.9 Å². The van der Waals surface area contributed by atoms with Gasteiger partial charge in [-0.25, -0.2) is 8.42 Å². The molecule has 2 N–H and O–H groups in total. The first kappa shape index (κ1) is 14.6. The van der Waals surface area contributed by atoms with Crippen molar-refractivity contribution >= 4 is 26.0 Å². The summed E-state index contributed by atoms with van der Waals surface area (Å²) in [7, 11) is -3.45. The summed E-state index contributed by atoms with van der Waals surface area (Å²) >= 11 is 3.29. The first-order valence-electron chi connectivity index (χ1n) is 5.39. The Morgan fingerprint density at radius 3 is 2.53 bits per heavy atom. The molecule has 0 spiro atoms. The van der Waals surface area contributed by atoms with Gasteiger partial charge >= 0.3 is 0 Å². The molecule has 0 fully saturated rings. The van der Waals surface area contributed by atoms with Crippen LogP contribution >= 0.6 is 15.9 Å². The van der Waals surface area contributed by atoms with Gasteiger partial charge in [-0.15, -0.1) is 0 Å². The van der Waals surface area contributed by atoms with Crippen LogP contribution in [0, 0.1) is 6.92 Å². The number of nitrogens with zero attached hydrogens (tertiary/aromatic N) is 1. The number of halogens is 1. The van der Waals surface area contributed by atoms with Crippen LogP contribution in [0.3, 0.4) is 0 Å². The van der Waals surface area contributed by atoms with Gasteiger partial charge in [0.2, 0.25) is 10.0 Å². The highest BCUT2D eigenvalue weighted by atomic mass is 79.9. The summed E-state index contributed by atoms with van der Waals surface area (Å²) in [5.41, 5.74) is 6.44. The first-order chi connectivity index (χ1) is 7.93. The Bertz CT molecular complexity index is 488. The van der Waals surface area contributed by atoms with Crippen molar-refractivity contribution in [2.45, 2.75) is 18.7 Å². The predicted molar refractivity (Wildman–Crippen MR) is 72.4 cm³/mol. The molecule has 6 heteroatoms. The van der Waals surface area contributed by atoms with Gasteiger partial charge in [-0.05, 0) is 40.5 Å². The number of sulfonamides is 1. The third kappa shape index (κ3) is 3.28. The lowest BCUT2D eigenvalue weighted by Gasteiger charge is -2.20. The molecule has 0 aliphatic carbocycles. The fraction of sp³-hybridized carbons (Fsp3) is 0.455. The summed E-state index contributed by atoms with van der Waals surface area (Å²) in [4.78, 5) is 0.290. The average Bonchev–Trinajstić information content (AvgIpc) is 2.24. The van der Waals surface area contributed by atoms with Crippen LogP contribution in [0.1, 0.15) is 12.5 Å². The highest BCUT2D eigenvalue weighted by Gasteiger charge is 2.24. The van der Waals surface area contributed by atoms with Crippen LogP contribution in [0.4, 0.5) is 0 Å². The minimum atomic E-state index is -3.45. The van der Waals surface area contributed by atoms with Crippen LogP contribution in [0.25, 0.3) is 0 Å². The fourth-order valence-electron chi connectivity index (χ4n) is 1.55. The summed E-state index contributed by atoms with van der Waals surface area (Å²) in [5.74, 6) is 0. The molecule has 0 saturated carbocycles. The van der Waals surface area contributed by atoms with Crippen molar-refractivity contribution in [1.29, 1.82) is 0 Å². The average molecular weight is 321 g/mol. The fourth-order valence-corrected chi connectivity index (χ4v) is 4.16. The molecule has 1 aromatic rings. The maximum absolute atomic E-state index is 12.3. The van der Waals surface area contributed by atoms with Crippen LogP contribution in [-0.4, -0.2) is 32.4 Å². The second-order valence-corrected chi connectivity index (χ2v) is 6.48. The molecule has 17 heavy (non-hydrogen) atoms. The van der Waals surface area contributed by atoms with Crippen molar-refractivity contribution in [3.8, 4) is 0 Å². The van der Waals surface area contributed by atoms with E-state index in [1.807, 2.05) is 6.92 Å². The van der Waals surface area contributed by atoms with E-state index in [0.717, 1.165) is 5.56 Å². The highest BCUT2D eigenvalue weighted by Crippen LogP contribution is 2.25. The summed E-state index contributed by atoms with van der Waals surface area (Å²) in [6.45, 7) is 4.78. The Labute approximate surface area is 111 Å². The molecule has 0 radical (unpaired) electrons. The largest absolute Gasteiger partial charge is 0.329 e. The molecule has 0 heterocycles. The smallest absolute Gasteiger partial charge is 0.244 e. The monoisotopic (exact) mass is 320 g/mol. The first-order valence-corrected chi connectivity index (χ1v) is 7.63. The van der Waals surface area contributed by atoms with Gasteiger partial charge in [-0.3, -0.25) is 0 Å². The lowest BCUT2D eigenvalue weighted by molar-refractivity contribution is 0.435. The van der Waals surface area contributed by atoms with E-state index in [4.69, 9.17) is 5.73 Å². The Balaban J connectivity index is 3.20. The Morgan fingerprint density at radius 2 is 2.06 bits per heavy atom. The van der Waals surface area contributed by atoms with Gasteiger partial charge in [0, 0.05) is 24.1 Å². The Hall–Kier alpha value is -0.430. The molecule has 0 aromatic heterocycles. The molecule has 0 bridgehead atoms. The summed E-state index contributed by atoms with van der Waals surface area (Å²) in [6, 6.07) is 5.20. The Morgan fingerprint density at radius 1 is 1.41 bits per heavy atom. The van der Waals surface area contributed by atoms with E-state index < -0.39 is 10.0 Å². The number of rotatable bonds is 5. The zero-order valence-electron chi connectivity index (χ0n) is 9.98. The molecule has 0 unspecified atom stereocenters. The second kappa shape index (κ2) is 5.95. The molecule has 0 atom stereocenters. The quantitative estimate of drug-likeness (QED) is 0.898. The zero-order valence-corrected chi connectivity index (χ0v) is 12.4. The van der Waals surface area contributed by atoms with Crippen molar-refractivity contribution in [2.24, 2.45) is 5.73 Å². The molecular weight excluding hydrogens is 304 g/mol. The molecule has 0 saturated heterocycles. The maximum atomic E-state index is 12.3. The molecule has 96 valence electrons. The molecule has 1 aromatic carbocycles. The van der Waals surface area contributed by atoms with Crippen molar-refractivity contribution in [1.82, 2.24) is 4.31 Å². The maximum Gasteiger partial charge on any atom is 0.244 e. The Kier molecular flexibility index (Phi) is 5.12. The predicted octanol–water partition coefficient (Wildman–Crippen LogP) is 1.73. The standard InChI is InChI=1S/C11H17BrN2O2S/c1-3-14(7-6-13)17(15,16)11-5-4-9(2)8-10(11)12/h4-5,8H,3,6-7,13H2,1-2H3. The van der Waals surface area contributed by atoms with Crippen LogP contribution in [0.2, 0.25) is 0 Å². The van der Waals surface area contributed by atoms with E-state index in [1.165, 1.54) is 4.31 Å². The zero-order chi connectivity index (χ0) is 13.1. The lowest BCUT2D eigenvalue weighted by Crippen LogP contribution is -2.35. The van der Waals surface area contributed by atoms with Crippen molar-refractivity contribution < 1.29 is 8.42 Å². The van der Waals surface area contributed by atoms with E-state index in [9.17, 15) is 8.42 Å².